The van der Waals surface area contributed by atoms with Gasteiger partial charge in [-0.1, -0.05) is 27.7 Å². The Kier molecular flexibility index (Phi) is 10.6. The molecule has 0 bridgehead atoms. The minimum absolute atomic E-state index is 0.198. The van der Waals surface area contributed by atoms with Gasteiger partial charge in [-0.3, -0.25) is 9.59 Å². The molecule has 0 amide bonds. The Morgan fingerprint density at radius 3 is 1.09 bits per heavy atom. The summed E-state index contributed by atoms with van der Waals surface area (Å²) >= 11 is 0. The molecule has 4 rings (SSSR count). The van der Waals surface area contributed by atoms with Crippen LogP contribution >= 0.6 is 0 Å². The molecule has 4 saturated heterocycles. The molecule has 6 atom stereocenters. The Hall–Kier alpha value is -3.26. The first kappa shape index (κ1) is 37.2. The quantitative estimate of drug-likeness (QED) is 0.232. The summed E-state index contributed by atoms with van der Waals surface area (Å²) in [6, 6.07) is 0. The summed E-state index contributed by atoms with van der Waals surface area (Å²) in [5, 5.41) is 0. The second-order valence-electron chi connectivity index (χ2n) is 13.6. The van der Waals surface area contributed by atoms with E-state index in [9.17, 15) is 28.8 Å². The van der Waals surface area contributed by atoms with Crippen molar-refractivity contribution >= 4 is 35.8 Å². The summed E-state index contributed by atoms with van der Waals surface area (Å²) in [6.07, 6.45) is -1.33. The van der Waals surface area contributed by atoms with Crippen LogP contribution in [0.1, 0.15) is 83.1 Å². The molecule has 14 heteroatoms. The SMILES string of the molecule is CCOC(=O)[C@@H]1[C@@H](C)OC2(C(=O)OC(C)(C)OC2=O)[C@H]1C(C)C.CCOC(=O)[C@H]1[C@H](C)OC2(C(=O)OC(C)(C)OC2=O)[C@@H]1C(C)C. The molecule has 0 aromatic rings. The summed E-state index contributed by atoms with van der Waals surface area (Å²) in [7, 11) is 0. The van der Waals surface area contributed by atoms with Gasteiger partial charge in [-0.2, -0.15) is 0 Å². The van der Waals surface area contributed by atoms with Crippen LogP contribution < -0.4 is 0 Å². The molecule has 0 saturated carbocycles. The number of hydrogen-bond donors (Lipinski definition) is 0. The highest BCUT2D eigenvalue weighted by molar-refractivity contribution is 6.07. The minimum atomic E-state index is -1.92. The number of esters is 6. The summed E-state index contributed by atoms with van der Waals surface area (Å²) < 4.78 is 42.6. The molecular weight excluding hydrogens is 608 g/mol. The third kappa shape index (κ3) is 6.34. The fourth-order valence-corrected chi connectivity index (χ4v) is 7.04. The number of carbonyl (C=O) groups excluding carboxylic acids is 6. The van der Waals surface area contributed by atoms with Gasteiger partial charge in [-0.05, 0) is 39.5 Å². The van der Waals surface area contributed by atoms with E-state index < -0.39 is 94.5 Å². The van der Waals surface area contributed by atoms with Gasteiger partial charge >= 0.3 is 35.8 Å². The van der Waals surface area contributed by atoms with Crippen molar-refractivity contribution in [3.8, 4) is 0 Å². The molecule has 4 heterocycles. The molecule has 0 aromatic heterocycles. The molecule has 0 radical (unpaired) electrons. The van der Waals surface area contributed by atoms with Gasteiger partial charge in [0.1, 0.15) is 0 Å². The van der Waals surface area contributed by atoms with Crippen molar-refractivity contribution in [3.63, 3.8) is 0 Å². The highest BCUT2D eigenvalue weighted by Gasteiger charge is 2.72. The van der Waals surface area contributed by atoms with Crippen molar-refractivity contribution in [1.29, 1.82) is 0 Å². The summed E-state index contributed by atoms with van der Waals surface area (Å²) in [5.74, 6) is -10.2. The van der Waals surface area contributed by atoms with Crippen molar-refractivity contribution < 1.29 is 66.7 Å². The summed E-state index contributed by atoms with van der Waals surface area (Å²) in [6.45, 7) is 20.3. The summed E-state index contributed by atoms with van der Waals surface area (Å²) in [5.41, 5.74) is -3.83. The molecule has 2 spiro atoms. The zero-order chi connectivity index (χ0) is 35.2. The molecule has 0 N–H and O–H groups in total. The molecule has 0 aromatic carbocycles. The smallest absolute Gasteiger partial charge is 0.353 e. The van der Waals surface area contributed by atoms with Crippen LogP contribution in [-0.4, -0.2) is 84.0 Å². The number of carbonyl (C=O) groups is 6. The molecule has 0 aliphatic carbocycles. The fraction of sp³-hybridized carbons (Fsp3) is 0.812. The second kappa shape index (κ2) is 13.1. The largest absolute Gasteiger partial charge is 0.466 e. The fourth-order valence-electron chi connectivity index (χ4n) is 7.04. The average molecular weight is 657 g/mol. The maximum Gasteiger partial charge on any atom is 0.353 e. The van der Waals surface area contributed by atoms with Crippen molar-refractivity contribution in [2.45, 2.75) is 118 Å². The van der Waals surface area contributed by atoms with E-state index in [2.05, 4.69) is 0 Å². The van der Waals surface area contributed by atoms with Gasteiger partial charge in [0, 0.05) is 39.5 Å². The third-order valence-electron chi connectivity index (χ3n) is 8.59. The van der Waals surface area contributed by atoms with Crippen molar-refractivity contribution in [2.75, 3.05) is 13.2 Å². The lowest BCUT2D eigenvalue weighted by molar-refractivity contribution is -0.269. The lowest BCUT2D eigenvalue weighted by atomic mass is 9.72. The number of cyclic esters (lactones) is 4. The van der Waals surface area contributed by atoms with Gasteiger partial charge in [0.25, 0.3) is 22.8 Å². The van der Waals surface area contributed by atoms with E-state index in [-0.39, 0.29) is 25.0 Å². The zero-order valence-electron chi connectivity index (χ0n) is 28.7. The van der Waals surface area contributed by atoms with Gasteiger partial charge in [0.05, 0.1) is 37.3 Å². The topological polar surface area (TPSA) is 176 Å². The Balaban J connectivity index is 0.000000250. The van der Waals surface area contributed by atoms with E-state index in [1.807, 2.05) is 27.7 Å². The maximum absolute atomic E-state index is 12.6. The van der Waals surface area contributed by atoms with Crippen molar-refractivity contribution in [1.82, 2.24) is 0 Å². The van der Waals surface area contributed by atoms with E-state index in [0.717, 1.165) is 0 Å². The Bertz CT molecular complexity index is 1100. The first-order valence-electron chi connectivity index (χ1n) is 15.8. The first-order valence-corrected chi connectivity index (χ1v) is 15.8. The van der Waals surface area contributed by atoms with Crippen molar-refractivity contribution in [3.05, 3.63) is 0 Å². The van der Waals surface area contributed by atoms with Gasteiger partial charge in [-0.15, -0.1) is 0 Å². The Morgan fingerprint density at radius 2 is 0.870 bits per heavy atom. The number of hydrogen-bond acceptors (Lipinski definition) is 14. The maximum atomic E-state index is 12.6. The second-order valence-corrected chi connectivity index (χ2v) is 13.6. The Labute approximate surface area is 269 Å². The van der Waals surface area contributed by atoms with Gasteiger partial charge in [0.15, 0.2) is 0 Å². The van der Waals surface area contributed by atoms with E-state index in [1.165, 1.54) is 27.7 Å². The van der Waals surface area contributed by atoms with Crippen LogP contribution in [0.15, 0.2) is 0 Å². The van der Waals surface area contributed by atoms with Gasteiger partial charge < -0.3 is 37.9 Å². The number of rotatable bonds is 6. The zero-order valence-corrected chi connectivity index (χ0v) is 28.7. The van der Waals surface area contributed by atoms with E-state index in [0.29, 0.717) is 0 Å². The normalized spacial score (nSPS) is 31.9. The highest BCUT2D eigenvalue weighted by atomic mass is 16.8. The van der Waals surface area contributed by atoms with E-state index in [1.54, 1.807) is 27.7 Å². The lowest BCUT2D eigenvalue weighted by Crippen LogP contribution is -2.63. The lowest BCUT2D eigenvalue weighted by Gasteiger charge is -2.41. The first-order chi connectivity index (χ1) is 21.1. The molecule has 4 aliphatic heterocycles. The van der Waals surface area contributed by atoms with Crippen molar-refractivity contribution in [2.24, 2.45) is 35.5 Å². The van der Waals surface area contributed by atoms with Crippen LogP contribution in [0.2, 0.25) is 0 Å². The van der Waals surface area contributed by atoms with Crippen LogP contribution in [0, 0.1) is 35.5 Å². The standard InChI is InChI=1S/2C16H24O7/c2*1-7-20-12(17)10-9(4)21-16(11(10)8(2)3)13(18)22-15(5,6)23-14(16)19/h2*8-11H,7H2,1-6H3/t2*9-,10-,11+/m10/s1. The van der Waals surface area contributed by atoms with Gasteiger partial charge in [0.2, 0.25) is 0 Å². The molecule has 46 heavy (non-hydrogen) atoms. The molecule has 4 fully saturated rings. The van der Waals surface area contributed by atoms with Crippen LogP contribution in [0.5, 0.6) is 0 Å². The summed E-state index contributed by atoms with van der Waals surface area (Å²) in [4.78, 5) is 75.2. The van der Waals surface area contributed by atoms with E-state index in [4.69, 9.17) is 37.9 Å². The highest BCUT2D eigenvalue weighted by Crippen LogP contribution is 2.51. The number of ether oxygens (including phenoxy) is 8. The predicted octanol–water partition coefficient (Wildman–Crippen LogP) is 2.86. The predicted molar refractivity (Wildman–Crippen MR) is 156 cm³/mol. The molecule has 0 unspecified atom stereocenters. The van der Waals surface area contributed by atoms with E-state index >= 15 is 0 Å². The Morgan fingerprint density at radius 1 is 0.609 bits per heavy atom. The van der Waals surface area contributed by atoms with Crippen LogP contribution in [0.4, 0.5) is 0 Å². The average Bonchev–Trinajstić information content (AvgIpc) is 3.40. The van der Waals surface area contributed by atoms with Crippen LogP contribution in [-0.2, 0) is 66.7 Å². The van der Waals surface area contributed by atoms with Crippen LogP contribution in [0.3, 0.4) is 0 Å². The third-order valence-corrected chi connectivity index (χ3v) is 8.59. The molecule has 14 nitrogen and oxygen atoms in total. The molecular formula is C32H48O14. The molecule has 260 valence electrons. The molecule has 4 aliphatic rings. The van der Waals surface area contributed by atoms with Gasteiger partial charge in [-0.25, -0.2) is 19.2 Å². The van der Waals surface area contributed by atoms with Crippen LogP contribution in [0.25, 0.3) is 0 Å². The monoisotopic (exact) mass is 656 g/mol. The minimum Gasteiger partial charge on any atom is -0.466 e.